The van der Waals surface area contributed by atoms with Crippen LogP contribution in [0.2, 0.25) is 0 Å². The quantitative estimate of drug-likeness (QED) is 0.393. The molecular weight excluding hydrogens is 284 g/mol. The lowest BCUT2D eigenvalue weighted by molar-refractivity contribution is -0.129. The number of carbonyl (C=O) groups is 1. The van der Waals surface area contributed by atoms with Gasteiger partial charge in [-0.2, -0.15) is 5.26 Å². The van der Waals surface area contributed by atoms with Crippen molar-refractivity contribution in [3.05, 3.63) is 23.3 Å². The Bertz CT molecular complexity index is 504. The van der Waals surface area contributed by atoms with Gasteiger partial charge in [-0.3, -0.25) is 4.79 Å². The van der Waals surface area contributed by atoms with Crippen LogP contribution in [0.25, 0.3) is 0 Å². The fraction of sp³-hybridized carbons (Fsp3) is 0.700. The third-order valence-electron chi connectivity index (χ3n) is 4.65. The van der Waals surface area contributed by atoms with E-state index in [9.17, 15) is 10.1 Å². The summed E-state index contributed by atoms with van der Waals surface area (Å²) >= 11 is 0. The number of nitriles is 1. The molecule has 3 nitrogen and oxygen atoms in total. The molecule has 0 aromatic carbocycles. The van der Waals surface area contributed by atoms with Gasteiger partial charge in [0.25, 0.3) is 5.91 Å². The molecule has 128 valence electrons. The van der Waals surface area contributed by atoms with Gasteiger partial charge in [0.15, 0.2) is 0 Å². The van der Waals surface area contributed by atoms with E-state index in [1.54, 1.807) is 0 Å². The number of hydrogen-bond donors (Lipinski definition) is 0. The van der Waals surface area contributed by atoms with Crippen LogP contribution in [0.5, 0.6) is 0 Å². The highest BCUT2D eigenvalue weighted by Crippen LogP contribution is 2.29. The van der Waals surface area contributed by atoms with Crippen LogP contribution in [-0.4, -0.2) is 23.4 Å². The highest BCUT2D eigenvalue weighted by Gasteiger charge is 2.26. The Labute approximate surface area is 142 Å². The van der Waals surface area contributed by atoms with E-state index >= 15 is 0 Å². The molecule has 1 saturated heterocycles. The largest absolute Gasteiger partial charge is 0.335 e. The van der Waals surface area contributed by atoms with Crippen molar-refractivity contribution >= 4 is 5.91 Å². The van der Waals surface area contributed by atoms with Gasteiger partial charge in [-0.1, -0.05) is 31.6 Å². The van der Waals surface area contributed by atoms with Crippen molar-refractivity contribution in [2.45, 2.75) is 79.2 Å². The maximum atomic E-state index is 12.6. The van der Waals surface area contributed by atoms with Crippen molar-refractivity contribution in [3.8, 4) is 6.07 Å². The lowest BCUT2D eigenvalue weighted by atomic mass is 9.83. The van der Waals surface area contributed by atoms with Gasteiger partial charge in [-0.05, 0) is 64.7 Å². The Morgan fingerprint density at radius 3 is 2.57 bits per heavy atom. The number of amides is 1. The fourth-order valence-electron chi connectivity index (χ4n) is 2.97. The van der Waals surface area contributed by atoms with Gasteiger partial charge in [-0.25, -0.2) is 0 Å². The Morgan fingerprint density at radius 1 is 1.30 bits per heavy atom. The first-order valence-electron chi connectivity index (χ1n) is 8.81. The summed E-state index contributed by atoms with van der Waals surface area (Å²) in [5, 5.41) is 9.38. The number of allylic oxidation sites excluding steroid dienone is 3. The molecule has 1 fully saturated rings. The van der Waals surface area contributed by atoms with Crippen LogP contribution in [0.4, 0.5) is 0 Å². The summed E-state index contributed by atoms with van der Waals surface area (Å²) in [7, 11) is 0. The number of carbonyl (C=O) groups excluding carboxylic acids is 1. The second-order valence-corrected chi connectivity index (χ2v) is 7.76. The number of nitrogens with zero attached hydrogens (tertiary/aromatic N) is 2. The number of likely N-dealkylation sites (tertiary alicyclic amines) is 1. The Morgan fingerprint density at radius 2 is 2.00 bits per heavy atom. The summed E-state index contributed by atoms with van der Waals surface area (Å²) in [6, 6.07) is 2.37. The average Bonchev–Trinajstić information content (AvgIpc) is 2.47. The smallest absolute Gasteiger partial charge is 0.264 e. The Kier molecular flexibility index (Phi) is 7.55. The van der Waals surface area contributed by atoms with Crippen LogP contribution in [0.3, 0.4) is 0 Å². The SMILES string of the molecule is CC(C)=CCCC(C)(C)C/C=C(\C#N)C(=O)N1CCCCC1C. The average molecular weight is 316 g/mol. The lowest BCUT2D eigenvalue weighted by Crippen LogP contribution is -2.42. The molecule has 0 bridgehead atoms. The Balaban J connectivity index is 2.69. The van der Waals surface area contributed by atoms with E-state index in [0.717, 1.165) is 38.6 Å². The summed E-state index contributed by atoms with van der Waals surface area (Å²) in [4.78, 5) is 14.5. The first-order valence-corrected chi connectivity index (χ1v) is 8.81. The maximum absolute atomic E-state index is 12.6. The molecule has 0 aliphatic carbocycles. The van der Waals surface area contributed by atoms with E-state index in [0.29, 0.717) is 5.57 Å². The van der Waals surface area contributed by atoms with Crippen LogP contribution in [0.1, 0.15) is 73.1 Å². The van der Waals surface area contributed by atoms with Gasteiger partial charge >= 0.3 is 0 Å². The van der Waals surface area contributed by atoms with Crippen molar-refractivity contribution in [1.82, 2.24) is 4.90 Å². The van der Waals surface area contributed by atoms with Crippen molar-refractivity contribution in [2.75, 3.05) is 6.54 Å². The van der Waals surface area contributed by atoms with E-state index in [1.807, 2.05) is 11.0 Å². The molecule has 1 unspecified atom stereocenters. The fourth-order valence-corrected chi connectivity index (χ4v) is 2.97. The van der Waals surface area contributed by atoms with Crippen LogP contribution in [0.15, 0.2) is 23.3 Å². The minimum absolute atomic E-state index is 0.0835. The summed E-state index contributed by atoms with van der Waals surface area (Å²) in [5.41, 5.74) is 1.75. The molecule has 0 aromatic rings. The topological polar surface area (TPSA) is 44.1 Å². The summed E-state index contributed by atoms with van der Waals surface area (Å²) in [6.45, 7) is 11.5. The summed E-state index contributed by atoms with van der Waals surface area (Å²) in [5.74, 6) is -0.0835. The predicted molar refractivity (Wildman–Crippen MR) is 95.8 cm³/mol. The molecule has 23 heavy (non-hydrogen) atoms. The van der Waals surface area contributed by atoms with E-state index in [4.69, 9.17) is 0 Å². The molecule has 1 aliphatic rings. The first kappa shape index (κ1) is 19.5. The van der Waals surface area contributed by atoms with Crippen LogP contribution < -0.4 is 0 Å². The zero-order valence-electron chi connectivity index (χ0n) is 15.5. The van der Waals surface area contributed by atoms with Gasteiger partial charge in [0.1, 0.15) is 11.6 Å². The standard InChI is InChI=1S/C20H32N2O/c1-16(2)9-8-12-20(4,5)13-11-18(15-21)19(23)22-14-7-6-10-17(22)3/h9,11,17H,6-8,10,12-14H2,1-5H3/b18-11+. The summed E-state index contributed by atoms with van der Waals surface area (Å²) < 4.78 is 0. The molecule has 0 radical (unpaired) electrons. The highest BCUT2D eigenvalue weighted by molar-refractivity contribution is 5.97. The van der Waals surface area contributed by atoms with Crippen molar-refractivity contribution < 1.29 is 4.79 Å². The molecular formula is C20H32N2O. The van der Waals surface area contributed by atoms with Gasteiger partial charge in [0.2, 0.25) is 0 Å². The first-order chi connectivity index (χ1) is 10.8. The lowest BCUT2D eigenvalue weighted by Gasteiger charge is -2.33. The molecule has 1 atom stereocenters. The second-order valence-electron chi connectivity index (χ2n) is 7.76. The molecule has 1 aliphatic heterocycles. The molecule has 1 amide bonds. The second kappa shape index (κ2) is 8.91. The van der Waals surface area contributed by atoms with Crippen molar-refractivity contribution in [2.24, 2.45) is 5.41 Å². The van der Waals surface area contributed by atoms with E-state index in [-0.39, 0.29) is 17.4 Å². The normalized spacial score (nSPS) is 19.2. The highest BCUT2D eigenvalue weighted by atomic mass is 16.2. The third-order valence-corrected chi connectivity index (χ3v) is 4.65. The molecule has 1 rings (SSSR count). The molecule has 0 saturated carbocycles. The molecule has 0 spiro atoms. The van der Waals surface area contributed by atoms with Crippen LogP contribution in [0, 0.1) is 16.7 Å². The van der Waals surface area contributed by atoms with Crippen LogP contribution in [-0.2, 0) is 4.79 Å². The zero-order valence-corrected chi connectivity index (χ0v) is 15.5. The number of piperidine rings is 1. The molecule has 0 aromatic heterocycles. The number of rotatable bonds is 6. The maximum Gasteiger partial charge on any atom is 0.264 e. The molecule has 1 heterocycles. The van der Waals surface area contributed by atoms with Crippen LogP contribution >= 0.6 is 0 Å². The van der Waals surface area contributed by atoms with Crippen molar-refractivity contribution in [3.63, 3.8) is 0 Å². The molecule has 3 heteroatoms. The van der Waals surface area contributed by atoms with Gasteiger partial charge in [0.05, 0.1) is 0 Å². The van der Waals surface area contributed by atoms with E-state index < -0.39 is 0 Å². The Hall–Kier alpha value is -1.56. The minimum atomic E-state index is -0.0835. The van der Waals surface area contributed by atoms with Gasteiger partial charge < -0.3 is 4.90 Å². The van der Waals surface area contributed by atoms with E-state index in [1.165, 1.54) is 12.0 Å². The monoisotopic (exact) mass is 316 g/mol. The number of hydrogen-bond acceptors (Lipinski definition) is 2. The van der Waals surface area contributed by atoms with Crippen molar-refractivity contribution in [1.29, 1.82) is 5.26 Å². The van der Waals surface area contributed by atoms with Gasteiger partial charge in [0, 0.05) is 12.6 Å². The third kappa shape index (κ3) is 6.60. The zero-order chi connectivity index (χ0) is 17.5. The summed E-state index contributed by atoms with van der Waals surface area (Å²) in [6.07, 6.45) is 10.2. The van der Waals surface area contributed by atoms with Gasteiger partial charge in [-0.15, -0.1) is 0 Å². The van der Waals surface area contributed by atoms with E-state index in [2.05, 4.69) is 46.8 Å². The molecule has 0 N–H and O–H groups in total. The minimum Gasteiger partial charge on any atom is -0.335 e. The predicted octanol–water partition coefficient (Wildman–Crippen LogP) is 5.00.